The van der Waals surface area contributed by atoms with Crippen LogP contribution in [0.1, 0.15) is 27.7 Å². The molecular weight excluding hydrogens is 190 g/mol. The van der Waals surface area contributed by atoms with Crippen LogP contribution in [0.4, 0.5) is 0 Å². The van der Waals surface area contributed by atoms with E-state index in [0.717, 1.165) is 0 Å². The van der Waals surface area contributed by atoms with E-state index >= 15 is 0 Å². The molecule has 4 atom stereocenters. The van der Waals surface area contributed by atoms with Crippen LogP contribution in [0.3, 0.4) is 0 Å². The van der Waals surface area contributed by atoms with Crippen LogP contribution in [-0.2, 0) is 9.47 Å². The Morgan fingerprint density at radius 1 is 0.800 bits per heavy atom. The van der Waals surface area contributed by atoms with E-state index in [1.807, 2.05) is 0 Å². The van der Waals surface area contributed by atoms with Crippen molar-refractivity contribution in [1.29, 1.82) is 0 Å². The first-order chi connectivity index (χ1) is 7.02. The summed E-state index contributed by atoms with van der Waals surface area (Å²) < 4.78 is 11.2. The summed E-state index contributed by atoms with van der Waals surface area (Å²) in [4.78, 5) is 0. The first-order valence-corrected chi connectivity index (χ1v) is 5.84. The van der Waals surface area contributed by atoms with Gasteiger partial charge in [-0.15, -0.1) is 0 Å². The van der Waals surface area contributed by atoms with Crippen molar-refractivity contribution in [2.24, 2.45) is 11.8 Å². The van der Waals surface area contributed by atoms with Crippen molar-refractivity contribution in [3.05, 3.63) is 0 Å². The number of nitrogens with one attached hydrogen (secondary N) is 1. The molecule has 3 nitrogen and oxygen atoms in total. The second-order valence-corrected chi connectivity index (χ2v) is 5.11. The van der Waals surface area contributed by atoms with Gasteiger partial charge in [-0.05, 0) is 11.8 Å². The summed E-state index contributed by atoms with van der Waals surface area (Å²) in [6, 6.07) is 0.791. The number of hydrogen-bond donors (Lipinski definition) is 1. The van der Waals surface area contributed by atoms with E-state index in [4.69, 9.17) is 9.47 Å². The van der Waals surface area contributed by atoms with Gasteiger partial charge < -0.3 is 14.8 Å². The predicted molar refractivity (Wildman–Crippen MR) is 62.0 cm³/mol. The van der Waals surface area contributed by atoms with E-state index in [1.54, 1.807) is 14.2 Å². The third-order valence-corrected chi connectivity index (χ3v) is 3.40. The standard InChI is InChI=1S/C12H25NO2/c1-7(2)9-11(14-5)12(15-6)10(13-9)8(3)4/h7-13H,1-6H3/t9-,10-,11+,12+/m1/s1. The van der Waals surface area contributed by atoms with Gasteiger partial charge in [0.1, 0.15) is 12.2 Å². The van der Waals surface area contributed by atoms with Gasteiger partial charge in [-0.25, -0.2) is 0 Å². The molecule has 1 fully saturated rings. The lowest BCUT2D eigenvalue weighted by atomic mass is 9.95. The lowest BCUT2D eigenvalue weighted by Crippen LogP contribution is -2.39. The monoisotopic (exact) mass is 215 g/mol. The minimum atomic E-state index is 0.169. The van der Waals surface area contributed by atoms with E-state index in [1.165, 1.54) is 0 Å². The van der Waals surface area contributed by atoms with Gasteiger partial charge in [0.15, 0.2) is 0 Å². The fourth-order valence-corrected chi connectivity index (χ4v) is 2.53. The Morgan fingerprint density at radius 2 is 1.13 bits per heavy atom. The van der Waals surface area contributed by atoms with E-state index < -0.39 is 0 Å². The molecule has 0 spiro atoms. The zero-order chi connectivity index (χ0) is 11.6. The summed E-state index contributed by atoms with van der Waals surface area (Å²) in [6.45, 7) is 8.89. The van der Waals surface area contributed by atoms with Gasteiger partial charge in [0.2, 0.25) is 0 Å². The maximum absolute atomic E-state index is 5.58. The Balaban J connectivity index is 2.80. The molecule has 0 radical (unpaired) electrons. The highest BCUT2D eigenvalue weighted by molar-refractivity contribution is 5.02. The van der Waals surface area contributed by atoms with E-state index in [9.17, 15) is 0 Å². The quantitative estimate of drug-likeness (QED) is 0.774. The normalized spacial score (nSPS) is 36.8. The molecule has 1 heterocycles. The SMILES string of the molecule is CO[C@@H]1[C@@H](OC)[C@@H](C(C)C)N[C@@H]1C(C)C. The molecule has 0 unspecified atom stereocenters. The molecule has 15 heavy (non-hydrogen) atoms. The second-order valence-electron chi connectivity index (χ2n) is 5.11. The van der Waals surface area contributed by atoms with Crippen LogP contribution in [0.2, 0.25) is 0 Å². The Morgan fingerprint density at radius 3 is 1.33 bits per heavy atom. The highest BCUT2D eigenvalue weighted by Crippen LogP contribution is 2.28. The molecule has 1 aliphatic heterocycles. The van der Waals surface area contributed by atoms with Gasteiger partial charge in [-0.2, -0.15) is 0 Å². The molecule has 0 amide bonds. The van der Waals surface area contributed by atoms with Crippen molar-refractivity contribution in [1.82, 2.24) is 5.32 Å². The number of methoxy groups -OCH3 is 2. The molecule has 3 heteroatoms. The van der Waals surface area contributed by atoms with E-state index in [0.29, 0.717) is 23.9 Å². The second kappa shape index (κ2) is 5.28. The average Bonchev–Trinajstić information content (AvgIpc) is 2.55. The summed E-state index contributed by atoms with van der Waals surface area (Å²) >= 11 is 0. The van der Waals surface area contributed by atoms with Crippen LogP contribution in [0, 0.1) is 11.8 Å². The topological polar surface area (TPSA) is 30.5 Å². The molecule has 1 N–H and O–H groups in total. The lowest BCUT2D eigenvalue weighted by molar-refractivity contribution is -0.0366. The molecule has 1 aliphatic rings. The smallest absolute Gasteiger partial charge is 0.100 e. The Kier molecular flexibility index (Phi) is 4.56. The van der Waals surface area contributed by atoms with Crippen molar-refractivity contribution < 1.29 is 9.47 Å². The lowest BCUT2D eigenvalue weighted by Gasteiger charge is -2.25. The zero-order valence-electron chi connectivity index (χ0n) is 10.8. The summed E-state index contributed by atoms with van der Waals surface area (Å²) in [5, 5.41) is 3.64. The molecule has 0 aromatic heterocycles. The minimum Gasteiger partial charge on any atom is -0.377 e. The molecule has 0 aromatic carbocycles. The first kappa shape index (κ1) is 12.9. The highest BCUT2D eigenvalue weighted by atomic mass is 16.5. The Labute approximate surface area is 93.5 Å². The zero-order valence-corrected chi connectivity index (χ0v) is 10.8. The van der Waals surface area contributed by atoms with E-state index in [-0.39, 0.29) is 12.2 Å². The molecule has 0 aliphatic carbocycles. The molecule has 0 aromatic rings. The molecular formula is C12H25NO2. The summed E-state index contributed by atoms with van der Waals surface area (Å²) in [5.41, 5.74) is 0. The third-order valence-electron chi connectivity index (χ3n) is 3.40. The number of ether oxygens (including phenoxy) is 2. The Hall–Kier alpha value is -0.120. The molecule has 0 saturated carbocycles. The minimum absolute atomic E-state index is 0.169. The van der Waals surface area contributed by atoms with Gasteiger partial charge in [-0.3, -0.25) is 0 Å². The molecule has 1 saturated heterocycles. The van der Waals surface area contributed by atoms with Crippen molar-refractivity contribution in [2.75, 3.05) is 14.2 Å². The van der Waals surface area contributed by atoms with Crippen molar-refractivity contribution in [3.8, 4) is 0 Å². The summed E-state index contributed by atoms with van der Waals surface area (Å²) in [5.74, 6) is 1.13. The molecule has 0 bridgehead atoms. The van der Waals surface area contributed by atoms with Crippen LogP contribution in [0.15, 0.2) is 0 Å². The largest absolute Gasteiger partial charge is 0.377 e. The fraction of sp³-hybridized carbons (Fsp3) is 1.00. The van der Waals surface area contributed by atoms with Crippen LogP contribution < -0.4 is 5.32 Å². The van der Waals surface area contributed by atoms with Gasteiger partial charge in [-0.1, -0.05) is 27.7 Å². The van der Waals surface area contributed by atoms with Crippen molar-refractivity contribution in [3.63, 3.8) is 0 Å². The molecule has 1 rings (SSSR count). The van der Waals surface area contributed by atoms with Gasteiger partial charge in [0.05, 0.1) is 0 Å². The van der Waals surface area contributed by atoms with Gasteiger partial charge in [0.25, 0.3) is 0 Å². The Bertz CT molecular complexity index is 174. The number of hydrogen-bond acceptors (Lipinski definition) is 3. The maximum atomic E-state index is 5.58. The van der Waals surface area contributed by atoms with Crippen molar-refractivity contribution in [2.45, 2.75) is 52.0 Å². The summed E-state index contributed by atoms with van der Waals surface area (Å²) in [7, 11) is 3.55. The number of rotatable bonds is 4. The van der Waals surface area contributed by atoms with Crippen molar-refractivity contribution >= 4 is 0 Å². The van der Waals surface area contributed by atoms with Crippen LogP contribution in [0.25, 0.3) is 0 Å². The van der Waals surface area contributed by atoms with Gasteiger partial charge in [0, 0.05) is 26.3 Å². The van der Waals surface area contributed by atoms with Crippen LogP contribution in [0.5, 0.6) is 0 Å². The highest BCUT2D eigenvalue weighted by Gasteiger charge is 2.45. The molecule has 90 valence electrons. The van der Waals surface area contributed by atoms with Crippen LogP contribution in [-0.4, -0.2) is 38.5 Å². The third kappa shape index (κ3) is 2.52. The van der Waals surface area contributed by atoms with Crippen LogP contribution >= 0.6 is 0 Å². The average molecular weight is 215 g/mol. The predicted octanol–water partition coefficient (Wildman–Crippen LogP) is 1.67. The van der Waals surface area contributed by atoms with E-state index in [2.05, 4.69) is 33.0 Å². The first-order valence-electron chi connectivity index (χ1n) is 5.84. The summed E-state index contributed by atoms with van der Waals surface area (Å²) in [6.07, 6.45) is 0.338. The van der Waals surface area contributed by atoms with Gasteiger partial charge >= 0.3 is 0 Å². The maximum Gasteiger partial charge on any atom is 0.100 e. The fourth-order valence-electron chi connectivity index (χ4n) is 2.53.